The molecule has 0 aromatic heterocycles. The van der Waals surface area contributed by atoms with Gasteiger partial charge in [0.1, 0.15) is 5.82 Å². The predicted molar refractivity (Wildman–Crippen MR) is 69.8 cm³/mol. The fraction of sp³-hybridized carbons (Fsp3) is 0.143. The van der Waals surface area contributed by atoms with E-state index in [0.29, 0.717) is 22.8 Å². The lowest BCUT2D eigenvalue weighted by Crippen LogP contribution is -2.23. The van der Waals surface area contributed by atoms with Crippen LogP contribution in [0.5, 0.6) is 0 Å². The number of allylic oxidation sites excluding steroid dienone is 3. The van der Waals surface area contributed by atoms with Crippen LogP contribution >= 0.6 is 11.6 Å². The van der Waals surface area contributed by atoms with E-state index in [9.17, 15) is 4.39 Å². The zero-order valence-corrected chi connectivity index (χ0v) is 10.3. The van der Waals surface area contributed by atoms with Crippen molar-refractivity contribution in [2.75, 3.05) is 6.54 Å². The van der Waals surface area contributed by atoms with Crippen molar-refractivity contribution in [2.45, 2.75) is 6.92 Å². The molecule has 17 heavy (non-hydrogen) atoms. The lowest BCUT2D eigenvalue weighted by atomic mass is 10.1. The topological polar surface area (TPSA) is 3.24 Å². The molecule has 0 fully saturated rings. The van der Waals surface area contributed by atoms with Crippen molar-refractivity contribution < 1.29 is 4.39 Å². The van der Waals surface area contributed by atoms with Crippen molar-refractivity contribution in [3.63, 3.8) is 0 Å². The molecule has 2 rings (SSSR count). The highest BCUT2D eigenvalue weighted by Gasteiger charge is 2.20. The van der Waals surface area contributed by atoms with Crippen LogP contribution in [0.15, 0.2) is 53.7 Å². The first kappa shape index (κ1) is 11.9. The molecule has 0 radical (unpaired) electrons. The highest BCUT2D eigenvalue weighted by Crippen LogP contribution is 2.32. The Hall–Kier alpha value is -1.54. The molecule has 0 unspecified atom stereocenters. The Morgan fingerprint density at radius 1 is 1.29 bits per heavy atom. The number of benzene rings is 1. The van der Waals surface area contributed by atoms with Crippen LogP contribution in [0.25, 0.3) is 5.70 Å². The maximum atomic E-state index is 13.8. The van der Waals surface area contributed by atoms with Crippen molar-refractivity contribution in [1.82, 2.24) is 4.90 Å². The molecule has 0 saturated carbocycles. The van der Waals surface area contributed by atoms with Crippen LogP contribution in [-0.2, 0) is 0 Å². The summed E-state index contributed by atoms with van der Waals surface area (Å²) < 4.78 is 13.8. The van der Waals surface area contributed by atoms with Crippen molar-refractivity contribution in [3.8, 4) is 0 Å². The first-order chi connectivity index (χ1) is 8.15. The number of hydrogen-bond acceptors (Lipinski definition) is 1. The van der Waals surface area contributed by atoms with E-state index in [-0.39, 0.29) is 5.82 Å². The molecule has 1 aliphatic heterocycles. The second kappa shape index (κ2) is 4.76. The van der Waals surface area contributed by atoms with Crippen molar-refractivity contribution >= 4 is 17.3 Å². The zero-order chi connectivity index (χ0) is 12.4. The summed E-state index contributed by atoms with van der Waals surface area (Å²) in [6.07, 6.45) is 3.57. The van der Waals surface area contributed by atoms with Crippen LogP contribution in [0.4, 0.5) is 4.39 Å². The molecule has 88 valence electrons. The smallest absolute Gasteiger partial charge is 0.132 e. The molecule has 0 saturated heterocycles. The van der Waals surface area contributed by atoms with Crippen LogP contribution in [0.3, 0.4) is 0 Å². The average molecular weight is 250 g/mol. The standard InChI is InChI=1S/C14H13ClFN/c1-3-17-10(2)12(15)8-9-14(17)11-6-4-5-7-13(11)16/h4-9H,2-3H2,1H3. The Morgan fingerprint density at radius 2 is 2.00 bits per heavy atom. The molecule has 0 spiro atoms. The zero-order valence-electron chi connectivity index (χ0n) is 9.58. The van der Waals surface area contributed by atoms with Crippen molar-refractivity contribution in [2.24, 2.45) is 0 Å². The molecule has 0 N–H and O–H groups in total. The Balaban J connectivity index is 2.51. The molecule has 1 nitrogen and oxygen atoms in total. The summed E-state index contributed by atoms with van der Waals surface area (Å²) in [5.41, 5.74) is 2.06. The summed E-state index contributed by atoms with van der Waals surface area (Å²) in [6.45, 7) is 6.59. The SMILES string of the molecule is C=C1C(Cl)=CC=C(c2ccccc2F)N1CC. The van der Waals surface area contributed by atoms with Crippen LogP contribution in [0.1, 0.15) is 12.5 Å². The minimum Gasteiger partial charge on any atom is -0.340 e. The van der Waals surface area contributed by atoms with Gasteiger partial charge in [-0.2, -0.15) is 0 Å². The highest BCUT2D eigenvalue weighted by atomic mass is 35.5. The van der Waals surface area contributed by atoms with Gasteiger partial charge in [-0.05, 0) is 31.2 Å². The number of likely N-dealkylation sites (N-methyl/N-ethyl adjacent to an activating group) is 1. The molecule has 0 amide bonds. The molecular weight excluding hydrogens is 237 g/mol. The maximum Gasteiger partial charge on any atom is 0.132 e. The largest absolute Gasteiger partial charge is 0.340 e. The summed E-state index contributed by atoms with van der Waals surface area (Å²) >= 11 is 6.01. The fourth-order valence-electron chi connectivity index (χ4n) is 1.88. The van der Waals surface area contributed by atoms with E-state index < -0.39 is 0 Å². The number of rotatable bonds is 2. The van der Waals surface area contributed by atoms with Gasteiger partial charge in [0.2, 0.25) is 0 Å². The van der Waals surface area contributed by atoms with Gasteiger partial charge in [-0.1, -0.05) is 30.3 Å². The third-order valence-corrected chi connectivity index (χ3v) is 3.09. The van der Waals surface area contributed by atoms with Crippen molar-refractivity contribution in [3.05, 3.63) is 65.1 Å². The van der Waals surface area contributed by atoms with Crippen molar-refractivity contribution in [1.29, 1.82) is 0 Å². The van der Waals surface area contributed by atoms with Gasteiger partial charge in [0.05, 0.1) is 16.4 Å². The summed E-state index contributed by atoms with van der Waals surface area (Å²) in [7, 11) is 0. The molecule has 0 atom stereocenters. The minimum absolute atomic E-state index is 0.239. The van der Waals surface area contributed by atoms with E-state index >= 15 is 0 Å². The minimum atomic E-state index is -0.239. The van der Waals surface area contributed by atoms with E-state index in [2.05, 4.69) is 6.58 Å². The lowest BCUT2D eigenvalue weighted by molar-refractivity contribution is 0.520. The monoisotopic (exact) mass is 249 g/mol. The van der Waals surface area contributed by atoms with Gasteiger partial charge in [0.15, 0.2) is 0 Å². The van der Waals surface area contributed by atoms with E-state index in [1.807, 2.05) is 24.0 Å². The van der Waals surface area contributed by atoms with Gasteiger partial charge < -0.3 is 4.90 Å². The summed E-state index contributed by atoms with van der Waals surface area (Å²) in [6, 6.07) is 6.70. The average Bonchev–Trinajstić information content (AvgIpc) is 2.33. The highest BCUT2D eigenvalue weighted by molar-refractivity contribution is 6.32. The quantitative estimate of drug-likeness (QED) is 0.762. The molecule has 1 aliphatic rings. The Kier molecular flexibility index (Phi) is 3.34. The van der Waals surface area contributed by atoms with Gasteiger partial charge in [0.25, 0.3) is 0 Å². The Labute approximate surface area is 106 Å². The second-order valence-electron chi connectivity index (χ2n) is 3.74. The van der Waals surface area contributed by atoms with Crippen LogP contribution in [-0.4, -0.2) is 11.4 Å². The normalized spacial score (nSPS) is 15.7. The molecule has 1 aromatic rings. The maximum absolute atomic E-state index is 13.8. The molecule has 1 heterocycles. The molecule has 0 aliphatic carbocycles. The van der Waals surface area contributed by atoms with E-state index in [0.717, 1.165) is 5.70 Å². The summed E-state index contributed by atoms with van der Waals surface area (Å²) in [5.74, 6) is -0.239. The third-order valence-electron chi connectivity index (χ3n) is 2.75. The predicted octanol–water partition coefficient (Wildman–Crippen LogP) is 4.14. The van der Waals surface area contributed by atoms with Gasteiger partial charge >= 0.3 is 0 Å². The van der Waals surface area contributed by atoms with E-state index in [1.165, 1.54) is 6.07 Å². The first-order valence-corrected chi connectivity index (χ1v) is 5.82. The molecule has 3 heteroatoms. The van der Waals surface area contributed by atoms with Gasteiger partial charge in [0, 0.05) is 12.1 Å². The summed E-state index contributed by atoms with van der Waals surface area (Å²) in [5, 5.41) is 0.590. The number of halogens is 2. The summed E-state index contributed by atoms with van der Waals surface area (Å²) in [4.78, 5) is 1.90. The Bertz CT molecular complexity index is 517. The van der Waals surface area contributed by atoms with Gasteiger partial charge in [-0.3, -0.25) is 0 Å². The van der Waals surface area contributed by atoms with Gasteiger partial charge in [-0.25, -0.2) is 4.39 Å². The second-order valence-corrected chi connectivity index (χ2v) is 4.14. The molecule has 1 aromatic carbocycles. The third kappa shape index (κ3) is 2.13. The van der Waals surface area contributed by atoms with Crippen LogP contribution < -0.4 is 0 Å². The number of hydrogen-bond donors (Lipinski definition) is 0. The van der Waals surface area contributed by atoms with E-state index in [1.54, 1.807) is 18.2 Å². The van der Waals surface area contributed by atoms with Crippen LogP contribution in [0, 0.1) is 5.82 Å². The van der Waals surface area contributed by atoms with Gasteiger partial charge in [-0.15, -0.1) is 0 Å². The molecular formula is C14H13ClFN. The molecule has 0 bridgehead atoms. The first-order valence-electron chi connectivity index (χ1n) is 5.44. The lowest BCUT2D eigenvalue weighted by Gasteiger charge is -2.30. The van der Waals surface area contributed by atoms with Crippen LogP contribution in [0.2, 0.25) is 0 Å². The van der Waals surface area contributed by atoms with E-state index in [4.69, 9.17) is 11.6 Å². The Morgan fingerprint density at radius 3 is 2.65 bits per heavy atom. The fourth-order valence-corrected chi connectivity index (χ4v) is 2.04. The number of nitrogens with zero attached hydrogens (tertiary/aromatic N) is 1.